The van der Waals surface area contributed by atoms with Gasteiger partial charge in [-0.2, -0.15) is 0 Å². The van der Waals surface area contributed by atoms with Crippen molar-refractivity contribution >= 4 is 26.5 Å². The molecule has 1 saturated carbocycles. The van der Waals surface area contributed by atoms with Gasteiger partial charge in [0, 0.05) is 24.4 Å². The summed E-state index contributed by atoms with van der Waals surface area (Å²) in [6.45, 7) is 1.25. The molecule has 7 nitrogen and oxygen atoms in total. The van der Waals surface area contributed by atoms with Crippen molar-refractivity contribution in [2.45, 2.75) is 50.3 Å². The molecule has 1 atom stereocenters. The van der Waals surface area contributed by atoms with Gasteiger partial charge in [-0.05, 0) is 72.4 Å². The molecule has 1 fully saturated rings. The van der Waals surface area contributed by atoms with Crippen LogP contribution >= 0.6 is 0 Å². The number of fused-ring (bicyclic) bond motifs is 1. The van der Waals surface area contributed by atoms with Gasteiger partial charge in [-0.15, -0.1) is 0 Å². The highest BCUT2D eigenvalue weighted by molar-refractivity contribution is 7.92. The first-order chi connectivity index (χ1) is 16.1. The van der Waals surface area contributed by atoms with Gasteiger partial charge < -0.3 is 4.57 Å². The van der Waals surface area contributed by atoms with E-state index < -0.39 is 20.5 Å². The van der Waals surface area contributed by atoms with E-state index in [1.807, 2.05) is 18.2 Å². The fourth-order valence-electron chi connectivity index (χ4n) is 4.20. The number of hydroxylamine groups is 1. The van der Waals surface area contributed by atoms with Crippen LogP contribution in [-0.4, -0.2) is 35.1 Å². The first-order valence-corrected chi connectivity index (χ1v) is 13.4. The van der Waals surface area contributed by atoms with Gasteiger partial charge >= 0.3 is 0 Å². The van der Waals surface area contributed by atoms with Gasteiger partial charge in [-0.25, -0.2) is 13.9 Å². The van der Waals surface area contributed by atoms with Crippen molar-refractivity contribution < 1.29 is 18.4 Å². The molecular weight excluding hydrogens is 452 g/mol. The minimum Gasteiger partial charge on any atom is -0.315 e. The fraction of sp³-hybridized carbons (Fsp3) is 0.385. The van der Waals surface area contributed by atoms with Crippen LogP contribution in [-0.2, 0) is 27.6 Å². The lowest BCUT2D eigenvalue weighted by atomic mass is 9.99. The minimum absolute atomic E-state index is 0.00976. The molecule has 2 N–H and O–H groups in total. The van der Waals surface area contributed by atoms with Crippen molar-refractivity contribution in [3.05, 3.63) is 70.6 Å². The van der Waals surface area contributed by atoms with E-state index in [2.05, 4.69) is 24.3 Å². The summed E-state index contributed by atoms with van der Waals surface area (Å²) in [6.07, 6.45) is 7.49. The third kappa shape index (κ3) is 4.93. The molecule has 1 aliphatic rings. The lowest BCUT2D eigenvalue weighted by molar-refractivity contribution is -0.131. The second-order valence-electron chi connectivity index (χ2n) is 9.49. The average molecular weight is 483 g/mol. The standard InChI is InChI=1S/C26H30N2O5S/c1-26(25(30)27-31,34(2,32)33)14-16-28-15-13-22-17-21(11-12-23(22)24(28)29)20-9-7-19(8-10-20)6-5-18-3-4-18/h7-13,15,17-18,31H,3-6,14,16H2,1-2H3,(H,27,30)/t26-/m0/s1. The molecule has 34 heavy (non-hydrogen) atoms. The third-order valence-corrected chi connectivity index (χ3v) is 9.06. The lowest BCUT2D eigenvalue weighted by Gasteiger charge is -2.25. The van der Waals surface area contributed by atoms with Crippen LogP contribution in [0, 0.1) is 5.92 Å². The van der Waals surface area contributed by atoms with Crippen molar-refractivity contribution in [1.82, 2.24) is 10.0 Å². The summed E-state index contributed by atoms with van der Waals surface area (Å²) in [4.78, 5) is 25.1. The van der Waals surface area contributed by atoms with Gasteiger partial charge in [0.15, 0.2) is 14.6 Å². The SMILES string of the molecule is C[C@](CCn1ccc2cc(-c3ccc(CCC4CC4)cc3)ccc2c1=O)(C(=O)NO)S(C)(=O)=O. The number of aryl methyl sites for hydroxylation is 2. The maximum absolute atomic E-state index is 13.0. The number of sulfone groups is 1. The van der Waals surface area contributed by atoms with E-state index in [0.717, 1.165) is 35.1 Å². The van der Waals surface area contributed by atoms with Gasteiger partial charge in [-0.1, -0.05) is 43.2 Å². The van der Waals surface area contributed by atoms with Gasteiger partial charge in [0.2, 0.25) is 0 Å². The van der Waals surface area contributed by atoms with Crippen molar-refractivity contribution in [1.29, 1.82) is 0 Å². The number of nitrogens with zero attached hydrogens (tertiary/aromatic N) is 1. The number of pyridine rings is 1. The summed E-state index contributed by atoms with van der Waals surface area (Å²) in [6, 6.07) is 16.0. The predicted molar refractivity (Wildman–Crippen MR) is 132 cm³/mol. The smallest absolute Gasteiger partial charge is 0.264 e. The molecule has 0 radical (unpaired) electrons. The second kappa shape index (κ2) is 9.35. The number of hydrogen-bond acceptors (Lipinski definition) is 5. The lowest BCUT2D eigenvalue weighted by Crippen LogP contribution is -2.49. The van der Waals surface area contributed by atoms with E-state index in [4.69, 9.17) is 5.21 Å². The summed E-state index contributed by atoms with van der Waals surface area (Å²) in [5.74, 6) is -0.108. The highest BCUT2D eigenvalue weighted by Gasteiger charge is 2.43. The fourth-order valence-corrected chi connectivity index (χ4v) is 5.05. The number of carbonyl (C=O) groups excluding carboxylic acids is 1. The maximum atomic E-state index is 13.0. The highest BCUT2D eigenvalue weighted by atomic mass is 32.2. The molecule has 3 aromatic rings. The third-order valence-electron chi connectivity index (χ3n) is 7.03. The van der Waals surface area contributed by atoms with E-state index in [9.17, 15) is 18.0 Å². The summed E-state index contributed by atoms with van der Waals surface area (Å²) in [5, 5.41) is 10.3. The molecule has 1 aromatic heterocycles. The number of carbonyl (C=O) groups is 1. The first-order valence-electron chi connectivity index (χ1n) is 11.5. The van der Waals surface area contributed by atoms with Crippen molar-refractivity contribution in [3.63, 3.8) is 0 Å². The Morgan fingerprint density at radius 2 is 1.79 bits per heavy atom. The van der Waals surface area contributed by atoms with Crippen LogP contribution in [0.2, 0.25) is 0 Å². The van der Waals surface area contributed by atoms with Gasteiger partial charge in [0.05, 0.1) is 0 Å². The molecule has 0 bridgehead atoms. The molecule has 2 aromatic carbocycles. The zero-order chi connectivity index (χ0) is 24.5. The average Bonchev–Trinajstić information content (AvgIpc) is 3.65. The molecule has 4 rings (SSSR count). The van der Waals surface area contributed by atoms with Crippen molar-refractivity contribution in [2.75, 3.05) is 6.26 Å². The monoisotopic (exact) mass is 482 g/mol. The Morgan fingerprint density at radius 3 is 2.41 bits per heavy atom. The van der Waals surface area contributed by atoms with E-state index in [1.165, 1.54) is 41.8 Å². The van der Waals surface area contributed by atoms with Crippen LogP contribution in [0.15, 0.2) is 59.5 Å². The second-order valence-corrected chi connectivity index (χ2v) is 11.9. The Bertz CT molecular complexity index is 1370. The zero-order valence-corrected chi connectivity index (χ0v) is 20.3. The molecule has 0 unspecified atom stereocenters. The van der Waals surface area contributed by atoms with Crippen LogP contribution in [0.3, 0.4) is 0 Å². The Morgan fingerprint density at radius 1 is 1.12 bits per heavy atom. The van der Waals surface area contributed by atoms with Crippen LogP contribution in [0.1, 0.15) is 38.2 Å². The van der Waals surface area contributed by atoms with Crippen LogP contribution in [0.25, 0.3) is 21.9 Å². The summed E-state index contributed by atoms with van der Waals surface area (Å²) < 4.78 is 23.9. The largest absolute Gasteiger partial charge is 0.315 e. The predicted octanol–water partition coefficient (Wildman–Crippen LogP) is 3.71. The van der Waals surface area contributed by atoms with Gasteiger partial charge in [-0.3, -0.25) is 14.8 Å². The Hall–Kier alpha value is -2.97. The molecule has 8 heteroatoms. The Labute approximate surface area is 199 Å². The number of nitrogens with one attached hydrogen (secondary N) is 1. The molecule has 180 valence electrons. The molecule has 0 saturated heterocycles. The quantitative estimate of drug-likeness (QED) is 0.357. The van der Waals surface area contributed by atoms with E-state index in [1.54, 1.807) is 12.3 Å². The number of hydrogen-bond donors (Lipinski definition) is 2. The highest BCUT2D eigenvalue weighted by Crippen LogP contribution is 2.33. The topological polar surface area (TPSA) is 105 Å². The normalized spacial score (nSPS) is 15.7. The van der Waals surface area contributed by atoms with Crippen LogP contribution in [0.4, 0.5) is 0 Å². The van der Waals surface area contributed by atoms with E-state index >= 15 is 0 Å². The van der Waals surface area contributed by atoms with Crippen molar-refractivity contribution in [3.8, 4) is 11.1 Å². The van der Waals surface area contributed by atoms with Gasteiger partial charge in [0.25, 0.3) is 11.5 Å². The Balaban J connectivity index is 1.54. The summed E-state index contributed by atoms with van der Waals surface area (Å²) >= 11 is 0. The molecule has 0 spiro atoms. The van der Waals surface area contributed by atoms with Crippen LogP contribution < -0.4 is 11.0 Å². The maximum Gasteiger partial charge on any atom is 0.264 e. The number of aromatic nitrogens is 1. The van der Waals surface area contributed by atoms with Gasteiger partial charge in [0.1, 0.15) is 0 Å². The van der Waals surface area contributed by atoms with Crippen LogP contribution in [0.5, 0.6) is 0 Å². The minimum atomic E-state index is -3.83. The number of benzene rings is 2. The molecule has 1 aliphatic carbocycles. The molecule has 1 amide bonds. The zero-order valence-electron chi connectivity index (χ0n) is 19.5. The molecule has 1 heterocycles. The summed E-state index contributed by atoms with van der Waals surface area (Å²) in [5.41, 5.74) is 4.61. The van der Waals surface area contributed by atoms with E-state index in [-0.39, 0.29) is 18.5 Å². The Kier molecular flexibility index (Phi) is 6.64. The summed E-state index contributed by atoms with van der Waals surface area (Å²) in [7, 11) is -3.83. The van der Waals surface area contributed by atoms with E-state index in [0.29, 0.717) is 5.39 Å². The van der Waals surface area contributed by atoms with Crippen molar-refractivity contribution in [2.24, 2.45) is 5.92 Å². The number of rotatable bonds is 9. The number of amides is 1. The first kappa shape index (κ1) is 24.2. The molecule has 0 aliphatic heterocycles. The molecular formula is C26H30N2O5S.